The van der Waals surface area contributed by atoms with Crippen molar-refractivity contribution in [1.82, 2.24) is 4.90 Å². The van der Waals surface area contributed by atoms with Crippen molar-refractivity contribution in [3.05, 3.63) is 70.8 Å². The smallest absolute Gasteiger partial charge is 0.295 e. The lowest BCUT2D eigenvalue weighted by Gasteiger charge is -2.29. The zero-order valence-electron chi connectivity index (χ0n) is 20.5. The van der Waals surface area contributed by atoms with Crippen LogP contribution in [0.4, 0.5) is 0 Å². The third-order valence-corrected chi connectivity index (χ3v) is 6.64. The number of ether oxygens (including phenoxy) is 2. The molecule has 0 bridgehead atoms. The lowest BCUT2D eigenvalue weighted by atomic mass is 9.94. The monoisotopic (exact) mass is 478 g/mol. The molecule has 4 rings (SSSR count). The molecular weight excluding hydrogens is 444 g/mol. The third-order valence-electron chi connectivity index (χ3n) is 6.64. The van der Waals surface area contributed by atoms with Gasteiger partial charge in [0, 0.05) is 18.5 Å². The predicted molar refractivity (Wildman–Crippen MR) is 131 cm³/mol. The molecule has 2 saturated heterocycles. The Bertz CT molecular complexity index is 1060. The van der Waals surface area contributed by atoms with Crippen LogP contribution >= 0.6 is 0 Å². The molecule has 1 N–H and O–H groups in total. The number of amides is 1. The summed E-state index contributed by atoms with van der Waals surface area (Å²) in [7, 11) is 0. The second-order valence-corrected chi connectivity index (χ2v) is 9.22. The highest BCUT2D eigenvalue weighted by Crippen LogP contribution is 2.38. The van der Waals surface area contributed by atoms with E-state index in [1.807, 2.05) is 38.1 Å². The Hall–Kier alpha value is -3.16. The van der Waals surface area contributed by atoms with E-state index in [-0.39, 0.29) is 5.57 Å². The van der Waals surface area contributed by atoms with E-state index in [1.165, 1.54) is 4.90 Å². The average molecular weight is 479 g/mol. The van der Waals surface area contributed by atoms with E-state index in [0.717, 1.165) is 56.8 Å². The number of ketones is 1. The maximum Gasteiger partial charge on any atom is 0.295 e. The fourth-order valence-electron chi connectivity index (χ4n) is 4.68. The molecule has 0 aliphatic carbocycles. The van der Waals surface area contributed by atoms with Crippen molar-refractivity contribution in [1.29, 1.82) is 0 Å². The van der Waals surface area contributed by atoms with Crippen LogP contribution in [0, 0.1) is 6.92 Å². The summed E-state index contributed by atoms with van der Waals surface area (Å²) in [5.74, 6) is -1.04. The van der Waals surface area contributed by atoms with Gasteiger partial charge in [0.25, 0.3) is 5.91 Å². The number of hydrogen-bond donors (Lipinski definition) is 1. The maximum atomic E-state index is 13.6. The van der Waals surface area contributed by atoms with Crippen molar-refractivity contribution in [2.24, 2.45) is 0 Å². The summed E-state index contributed by atoms with van der Waals surface area (Å²) in [6, 6.07) is 13.8. The number of quaternary nitrogens is 1. The number of likely N-dealkylation sites (tertiary alicyclic amines) is 1. The Morgan fingerprint density at radius 2 is 1.77 bits per heavy atom. The summed E-state index contributed by atoms with van der Waals surface area (Å²) in [4.78, 5) is 29.3. The van der Waals surface area contributed by atoms with Crippen LogP contribution < -0.4 is 14.7 Å². The van der Waals surface area contributed by atoms with E-state index in [1.54, 1.807) is 29.2 Å². The van der Waals surface area contributed by atoms with Crippen molar-refractivity contribution >= 4 is 17.4 Å². The normalized spacial score (nSPS) is 20.4. The number of morpholine rings is 1. The van der Waals surface area contributed by atoms with Gasteiger partial charge in [0.1, 0.15) is 18.8 Å². The summed E-state index contributed by atoms with van der Waals surface area (Å²) in [6.07, 6.45) is 1.64. The molecule has 0 saturated carbocycles. The minimum Gasteiger partial charge on any atom is -0.872 e. The number of carbonyl (C=O) groups is 2. The number of benzene rings is 2. The van der Waals surface area contributed by atoms with Crippen molar-refractivity contribution in [2.75, 3.05) is 46.0 Å². The van der Waals surface area contributed by atoms with E-state index in [4.69, 9.17) is 9.47 Å². The van der Waals surface area contributed by atoms with Gasteiger partial charge >= 0.3 is 0 Å². The van der Waals surface area contributed by atoms with E-state index >= 15 is 0 Å². The van der Waals surface area contributed by atoms with Crippen LogP contribution in [0.25, 0.3) is 5.76 Å². The van der Waals surface area contributed by atoms with Crippen LogP contribution in [-0.2, 0) is 14.3 Å². The number of aryl methyl sites for hydroxylation is 1. The second kappa shape index (κ2) is 11.5. The molecule has 2 heterocycles. The van der Waals surface area contributed by atoms with Crippen molar-refractivity contribution < 1.29 is 29.1 Å². The highest BCUT2D eigenvalue weighted by atomic mass is 16.5. The van der Waals surface area contributed by atoms with Gasteiger partial charge in [-0.1, -0.05) is 54.6 Å². The quantitative estimate of drug-likeness (QED) is 0.334. The number of nitrogens with one attached hydrogen (secondary N) is 1. The van der Waals surface area contributed by atoms with Crippen LogP contribution in [0.1, 0.15) is 42.5 Å². The first kappa shape index (κ1) is 24.9. The van der Waals surface area contributed by atoms with E-state index < -0.39 is 23.5 Å². The minimum absolute atomic E-state index is 0.0276. The second-order valence-electron chi connectivity index (χ2n) is 9.22. The van der Waals surface area contributed by atoms with Gasteiger partial charge in [-0.05, 0) is 36.6 Å². The summed E-state index contributed by atoms with van der Waals surface area (Å²) in [5, 5.41) is 13.6. The Balaban J connectivity index is 1.63. The molecule has 186 valence electrons. The molecule has 7 nitrogen and oxygen atoms in total. The van der Waals surface area contributed by atoms with Gasteiger partial charge in [0.05, 0.1) is 32.4 Å². The number of nitrogens with zero attached hydrogens (tertiary/aromatic N) is 1. The fourth-order valence-corrected chi connectivity index (χ4v) is 4.68. The van der Waals surface area contributed by atoms with Gasteiger partial charge in [-0.2, -0.15) is 0 Å². The SMILES string of the molecule is CCCOc1ccc(C([O-])=C2C(=O)C(=O)N(CCC[NH+]3CCOCC3)C2c2ccc(C)cc2)cc1. The number of carbonyl (C=O) groups excluding carboxylic acids is 2. The molecular formula is C28H34N2O5. The molecule has 2 aromatic carbocycles. The fraction of sp³-hybridized carbons (Fsp3) is 0.429. The molecule has 1 amide bonds. The predicted octanol–water partition coefficient (Wildman–Crippen LogP) is 1.31. The zero-order chi connectivity index (χ0) is 24.8. The molecule has 2 aliphatic heterocycles. The van der Waals surface area contributed by atoms with Crippen LogP contribution in [0.15, 0.2) is 54.1 Å². The first-order chi connectivity index (χ1) is 17.0. The Morgan fingerprint density at radius 1 is 1.09 bits per heavy atom. The average Bonchev–Trinajstić information content (AvgIpc) is 3.13. The lowest BCUT2D eigenvalue weighted by Crippen LogP contribution is -3.14. The molecule has 1 atom stereocenters. The Morgan fingerprint density at radius 3 is 2.43 bits per heavy atom. The van der Waals surface area contributed by atoms with Crippen LogP contribution in [-0.4, -0.2) is 62.6 Å². The van der Waals surface area contributed by atoms with Gasteiger partial charge in [-0.25, -0.2) is 0 Å². The van der Waals surface area contributed by atoms with Gasteiger partial charge in [0.2, 0.25) is 5.78 Å². The molecule has 0 spiro atoms. The molecule has 0 radical (unpaired) electrons. The summed E-state index contributed by atoms with van der Waals surface area (Å²) in [5.41, 5.74) is 2.25. The van der Waals surface area contributed by atoms with Crippen LogP contribution in [0.3, 0.4) is 0 Å². The largest absolute Gasteiger partial charge is 0.872 e. The number of rotatable bonds is 9. The van der Waals surface area contributed by atoms with Gasteiger partial charge < -0.3 is 24.4 Å². The standard InChI is InChI=1S/C28H34N2O5/c1-3-17-35-23-11-9-22(10-12-23)26(31)24-25(21-7-5-20(2)6-8-21)30(28(33)27(24)32)14-4-13-29-15-18-34-19-16-29/h5-12,25,31H,3-4,13-19H2,1-2H3. The van der Waals surface area contributed by atoms with E-state index in [2.05, 4.69) is 0 Å². The van der Waals surface area contributed by atoms with Crippen molar-refractivity contribution in [3.8, 4) is 5.75 Å². The first-order valence-corrected chi connectivity index (χ1v) is 12.5. The molecule has 2 aromatic rings. The molecule has 35 heavy (non-hydrogen) atoms. The molecule has 0 aromatic heterocycles. The number of hydrogen-bond acceptors (Lipinski definition) is 5. The highest BCUT2D eigenvalue weighted by Gasteiger charge is 2.44. The van der Waals surface area contributed by atoms with Gasteiger partial charge in [0.15, 0.2) is 0 Å². The molecule has 7 heteroatoms. The lowest BCUT2D eigenvalue weighted by molar-refractivity contribution is -0.908. The summed E-state index contributed by atoms with van der Waals surface area (Å²) < 4.78 is 11.0. The highest BCUT2D eigenvalue weighted by molar-refractivity contribution is 6.46. The van der Waals surface area contributed by atoms with Gasteiger partial charge in [-0.15, -0.1) is 0 Å². The summed E-state index contributed by atoms with van der Waals surface area (Å²) in [6.45, 7) is 9.30. The van der Waals surface area contributed by atoms with E-state index in [0.29, 0.717) is 24.5 Å². The number of Topliss-reactive ketones (excluding diaryl/α,β-unsaturated/α-hetero) is 1. The molecule has 2 aliphatic rings. The molecule has 2 fully saturated rings. The Labute approximate surface area is 206 Å². The van der Waals surface area contributed by atoms with Crippen LogP contribution in [0.5, 0.6) is 5.75 Å². The molecule has 1 unspecified atom stereocenters. The van der Waals surface area contributed by atoms with Crippen molar-refractivity contribution in [2.45, 2.75) is 32.7 Å². The third kappa shape index (κ3) is 5.74. The summed E-state index contributed by atoms with van der Waals surface area (Å²) >= 11 is 0. The van der Waals surface area contributed by atoms with E-state index in [9.17, 15) is 14.7 Å². The minimum atomic E-state index is -0.703. The van der Waals surface area contributed by atoms with Crippen molar-refractivity contribution in [3.63, 3.8) is 0 Å². The van der Waals surface area contributed by atoms with Gasteiger partial charge in [-0.3, -0.25) is 9.59 Å². The van der Waals surface area contributed by atoms with Crippen LogP contribution in [0.2, 0.25) is 0 Å². The zero-order valence-corrected chi connectivity index (χ0v) is 20.5. The first-order valence-electron chi connectivity index (χ1n) is 12.5. The maximum absolute atomic E-state index is 13.6. The topological polar surface area (TPSA) is 83.3 Å². The Kier molecular flexibility index (Phi) is 8.21.